The van der Waals surface area contributed by atoms with E-state index in [-0.39, 0.29) is 30.3 Å². The first-order valence-electron chi connectivity index (χ1n) is 10.4. The molecule has 32 heavy (non-hydrogen) atoms. The summed E-state index contributed by atoms with van der Waals surface area (Å²) in [7, 11) is 0. The Labute approximate surface area is 185 Å². The van der Waals surface area contributed by atoms with Gasteiger partial charge in [-0.3, -0.25) is 0 Å². The Balaban J connectivity index is 1.35. The van der Waals surface area contributed by atoms with Crippen LogP contribution in [0.25, 0.3) is 11.1 Å². The highest BCUT2D eigenvalue weighted by atomic mass is 19.1. The van der Waals surface area contributed by atoms with Crippen LogP contribution in [0.1, 0.15) is 34.3 Å². The molecule has 7 heteroatoms. The molecule has 2 unspecified atom stereocenters. The number of halogens is 1. The number of benzene rings is 3. The average molecular weight is 436 g/mol. The van der Waals surface area contributed by atoms with Crippen LogP contribution in [0.4, 0.5) is 14.9 Å². The Bertz CT molecular complexity index is 1110. The van der Waals surface area contributed by atoms with Crippen LogP contribution in [-0.4, -0.2) is 35.6 Å². The maximum Gasteiger partial charge on any atom is 0.407 e. The van der Waals surface area contributed by atoms with E-state index >= 15 is 0 Å². The van der Waals surface area contributed by atoms with Crippen molar-refractivity contribution in [2.45, 2.75) is 25.0 Å². The first kappa shape index (κ1) is 21.8. The lowest BCUT2D eigenvalue weighted by Gasteiger charge is -2.20. The maximum absolute atomic E-state index is 14.1. The lowest BCUT2D eigenvalue weighted by atomic mass is 9.98. The Morgan fingerprint density at radius 1 is 1.09 bits per heavy atom. The number of carbonyl (C=O) groups is 1. The van der Waals surface area contributed by atoms with Crippen molar-refractivity contribution in [3.8, 4) is 11.1 Å². The van der Waals surface area contributed by atoms with Gasteiger partial charge in [-0.05, 0) is 46.9 Å². The molecule has 3 aromatic rings. The van der Waals surface area contributed by atoms with Crippen molar-refractivity contribution in [3.05, 3.63) is 88.7 Å². The van der Waals surface area contributed by atoms with Crippen LogP contribution < -0.4 is 11.1 Å². The third kappa shape index (κ3) is 4.17. The smallest absolute Gasteiger partial charge is 0.407 e. The van der Waals surface area contributed by atoms with Crippen molar-refractivity contribution in [1.29, 1.82) is 0 Å². The van der Waals surface area contributed by atoms with Gasteiger partial charge in [0, 0.05) is 23.7 Å². The molecule has 3 aromatic carbocycles. The van der Waals surface area contributed by atoms with Crippen molar-refractivity contribution < 1.29 is 24.1 Å². The van der Waals surface area contributed by atoms with Gasteiger partial charge in [-0.25, -0.2) is 9.18 Å². The summed E-state index contributed by atoms with van der Waals surface area (Å²) < 4.78 is 19.5. The van der Waals surface area contributed by atoms with Crippen molar-refractivity contribution in [2.24, 2.45) is 0 Å². The van der Waals surface area contributed by atoms with Gasteiger partial charge in [0.15, 0.2) is 0 Å². The fourth-order valence-electron chi connectivity index (χ4n) is 4.10. The van der Waals surface area contributed by atoms with E-state index in [2.05, 4.69) is 5.32 Å². The van der Waals surface area contributed by atoms with Crippen LogP contribution in [0.2, 0.25) is 0 Å². The monoisotopic (exact) mass is 436 g/mol. The second-order valence-corrected chi connectivity index (χ2v) is 7.95. The number of hydrogen-bond donors (Lipinski definition) is 4. The molecule has 1 aliphatic carbocycles. The number of aryl methyl sites for hydroxylation is 1. The molecule has 1 aliphatic rings. The molecule has 0 bridgehead atoms. The van der Waals surface area contributed by atoms with E-state index in [1.54, 1.807) is 6.92 Å². The molecule has 4 rings (SSSR count). The molecule has 0 saturated carbocycles. The number of rotatable bonds is 6. The predicted octanol–water partition coefficient (Wildman–Crippen LogP) is 3.65. The molecular weight excluding hydrogens is 411 g/mol. The van der Waals surface area contributed by atoms with Crippen molar-refractivity contribution in [1.82, 2.24) is 5.32 Å². The summed E-state index contributed by atoms with van der Waals surface area (Å²) in [5.74, 6) is -0.809. The largest absolute Gasteiger partial charge is 0.449 e. The molecule has 0 spiro atoms. The zero-order valence-corrected chi connectivity index (χ0v) is 17.6. The number of alkyl carbamates (subject to hydrolysis) is 1. The van der Waals surface area contributed by atoms with E-state index < -0.39 is 24.1 Å². The van der Waals surface area contributed by atoms with E-state index in [0.29, 0.717) is 5.56 Å². The van der Waals surface area contributed by atoms with Gasteiger partial charge in [-0.1, -0.05) is 48.5 Å². The third-order valence-corrected chi connectivity index (χ3v) is 5.87. The van der Waals surface area contributed by atoms with Crippen molar-refractivity contribution >= 4 is 11.8 Å². The number of carbonyl (C=O) groups excluding carboxylic acids is 1. The van der Waals surface area contributed by atoms with Gasteiger partial charge in [-0.15, -0.1) is 0 Å². The topological polar surface area (TPSA) is 105 Å². The van der Waals surface area contributed by atoms with Crippen LogP contribution in [0.3, 0.4) is 0 Å². The molecule has 0 saturated heterocycles. The Morgan fingerprint density at radius 2 is 1.69 bits per heavy atom. The van der Waals surface area contributed by atoms with E-state index in [0.717, 1.165) is 28.3 Å². The summed E-state index contributed by atoms with van der Waals surface area (Å²) in [5, 5.41) is 23.0. The Morgan fingerprint density at radius 3 is 2.31 bits per heavy atom. The van der Waals surface area contributed by atoms with Crippen LogP contribution in [0.5, 0.6) is 0 Å². The Kier molecular flexibility index (Phi) is 6.12. The number of nitrogens with one attached hydrogen (secondary N) is 1. The number of nitrogen functional groups attached to an aromatic ring is 1. The van der Waals surface area contributed by atoms with Gasteiger partial charge in [0.2, 0.25) is 0 Å². The molecule has 0 heterocycles. The first-order chi connectivity index (χ1) is 15.4. The zero-order chi connectivity index (χ0) is 22.8. The molecule has 6 nitrogen and oxygen atoms in total. The molecule has 5 N–H and O–H groups in total. The SMILES string of the molecule is Cc1cc(C(O)C(O)CNC(=O)OCC2c3ccccc3-c3ccccc32)c(F)cc1N. The van der Waals surface area contributed by atoms with Crippen molar-refractivity contribution in [3.63, 3.8) is 0 Å². The summed E-state index contributed by atoms with van der Waals surface area (Å²) in [5.41, 5.74) is 10.8. The quantitative estimate of drug-likeness (QED) is 0.442. The summed E-state index contributed by atoms with van der Waals surface area (Å²) in [4.78, 5) is 12.2. The fourth-order valence-corrected chi connectivity index (χ4v) is 4.10. The number of fused-ring (bicyclic) bond motifs is 3. The van der Waals surface area contributed by atoms with Crippen LogP contribution in [0, 0.1) is 12.7 Å². The summed E-state index contributed by atoms with van der Waals surface area (Å²) >= 11 is 0. The standard InChI is InChI=1S/C25H25FN2O4/c1-14-10-19(21(26)11-22(14)27)24(30)23(29)12-28-25(31)32-13-20-17-8-4-2-6-15(17)16-7-3-5-9-18(16)20/h2-11,20,23-24,29-30H,12-13,27H2,1H3,(H,28,31). The van der Waals surface area contributed by atoms with Gasteiger partial charge in [-0.2, -0.15) is 0 Å². The summed E-state index contributed by atoms with van der Waals surface area (Å²) in [6, 6.07) is 18.5. The van der Waals surface area contributed by atoms with E-state index in [1.807, 2.05) is 48.5 Å². The number of amides is 1. The molecule has 1 amide bonds. The highest BCUT2D eigenvalue weighted by Gasteiger charge is 2.29. The Hall–Kier alpha value is -3.42. The predicted molar refractivity (Wildman–Crippen MR) is 120 cm³/mol. The minimum absolute atomic E-state index is 0.0847. The van der Waals surface area contributed by atoms with E-state index in [9.17, 15) is 19.4 Å². The normalized spacial score (nSPS) is 14.4. The van der Waals surface area contributed by atoms with Gasteiger partial charge in [0.05, 0.1) is 0 Å². The second-order valence-electron chi connectivity index (χ2n) is 7.95. The van der Waals surface area contributed by atoms with Crippen LogP contribution >= 0.6 is 0 Å². The number of ether oxygens (including phenoxy) is 1. The number of aliphatic hydroxyl groups excluding tert-OH is 2. The average Bonchev–Trinajstić information content (AvgIpc) is 3.11. The number of anilines is 1. The molecule has 2 atom stereocenters. The highest BCUT2D eigenvalue weighted by Crippen LogP contribution is 2.44. The third-order valence-electron chi connectivity index (χ3n) is 5.87. The first-order valence-corrected chi connectivity index (χ1v) is 10.4. The number of nitrogens with two attached hydrogens (primary N) is 1. The molecule has 0 radical (unpaired) electrons. The summed E-state index contributed by atoms with van der Waals surface area (Å²) in [6.45, 7) is 1.50. The van der Waals surface area contributed by atoms with Crippen LogP contribution in [-0.2, 0) is 4.74 Å². The van der Waals surface area contributed by atoms with Gasteiger partial charge in [0.1, 0.15) is 24.6 Å². The van der Waals surface area contributed by atoms with E-state index in [4.69, 9.17) is 10.5 Å². The molecule has 0 fully saturated rings. The van der Waals surface area contributed by atoms with Crippen LogP contribution in [0.15, 0.2) is 60.7 Å². The molecule has 0 aromatic heterocycles. The molecular formula is C25H25FN2O4. The second kappa shape index (κ2) is 8.98. The van der Waals surface area contributed by atoms with Gasteiger partial charge < -0.3 is 26.0 Å². The highest BCUT2D eigenvalue weighted by molar-refractivity contribution is 5.79. The number of aliphatic hydroxyl groups is 2. The van der Waals surface area contributed by atoms with Gasteiger partial charge >= 0.3 is 6.09 Å². The number of hydrogen-bond acceptors (Lipinski definition) is 5. The molecule has 0 aliphatic heterocycles. The maximum atomic E-state index is 14.1. The van der Waals surface area contributed by atoms with Crippen molar-refractivity contribution in [2.75, 3.05) is 18.9 Å². The fraction of sp³-hybridized carbons (Fsp3) is 0.240. The zero-order valence-electron chi connectivity index (χ0n) is 17.6. The lowest BCUT2D eigenvalue weighted by molar-refractivity contribution is 0.0165. The van der Waals surface area contributed by atoms with Gasteiger partial charge in [0.25, 0.3) is 0 Å². The minimum Gasteiger partial charge on any atom is -0.449 e. The molecule has 166 valence electrons. The minimum atomic E-state index is -1.52. The lowest BCUT2D eigenvalue weighted by Crippen LogP contribution is -2.36. The summed E-state index contributed by atoms with van der Waals surface area (Å²) in [6.07, 6.45) is -3.68. The van der Waals surface area contributed by atoms with E-state index in [1.165, 1.54) is 6.07 Å².